The number of hydrogen-bond donors (Lipinski definition) is 1. The van der Waals surface area contributed by atoms with E-state index >= 15 is 0 Å². The number of rotatable bonds is 4. The summed E-state index contributed by atoms with van der Waals surface area (Å²) < 4.78 is 17.2. The molecule has 4 nitrogen and oxygen atoms in total. The first-order valence-corrected chi connectivity index (χ1v) is 7.06. The van der Waals surface area contributed by atoms with Crippen LogP contribution >= 0.6 is 0 Å². The van der Waals surface area contributed by atoms with E-state index in [2.05, 4.69) is 31.2 Å². The predicted molar refractivity (Wildman–Crippen MR) is 80.9 cm³/mol. The van der Waals surface area contributed by atoms with Gasteiger partial charge < -0.3 is 19.9 Å². The van der Waals surface area contributed by atoms with E-state index in [1.54, 1.807) is 0 Å². The number of aryl methyl sites for hydroxylation is 1. The van der Waals surface area contributed by atoms with Gasteiger partial charge in [0.15, 0.2) is 11.5 Å². The standard InChI is InChI=1S/C17H19NO3/c1-12-2-4-13(5-3-12)10-19-14-6-7-16-17(8-14)21-15(9-18)11-20-16/h2-8,15H,9-11,18H2,1H3/t15-/m1/s1. The molecule has 1 aliphatic rings. The van der Waals surface area contributed by atoms with Gasteiger partial charge in [-0.2, -0.15) is 0 Å². The van der Waals surface area contributed by atoms with Crippen molar-refractivity contribution in [1.82, 2.24) is 0 Å². The molecule has 0 aliphatic carbocycles. The van der Waals surface area contributed by atoms with Crippen LogP contribution in [0.25, 0.3) is 0 Å². The number of benzene rings is 2. The molecule has 110 valence electrons. The van der Waals surface area contributed by atoms with Gasteiger partial charge in [-0.05, 0) is 24.6 Å². The number of nitrogens with two attached hydrogens (primary N) is 1. The fourth-order valence-corrected chi connectivity index (χ4v) is 2.15. The maximum absolute atomic E-state index is 5.80. The summed E-state index contributed by atoms with van der Waals surface area (Å²) in [4.78, 5) is 0. The van der Waals surface area contributed by atoms with Crippen LogP contribution in [0, 0.1) is 6.92 Å². The van der Waals surface area contributed by atoms with Gasteiger partial charge in [0.1, 0.15) is 25.1 Å². The fraction of sp³-hybridized carbons (Fsp3) is 0.294. The summed E-state index contributed by atoms with van der Waals surface area (Å²) in [7, 11) is 0. The maximum atomic E-state index is 5.80. The molecule has 0 saturated heterocycles. The van der Waals surface area contributed by atoms with Gasteiger partial charge in [-0.3, -0.25) is 0 Å². The van der Waals surface area contributed by atoms with Crippen LogP contribution in [-0.2, 0) is 6.61 Å². The van der Waals surface area contributed by atoms with Crippen molar-refractivity contribution < 1.29 is 14.2 Å². The Morgan fingerprint density at radius 3 is 2.71 bits per heavy atom. The second-order valence-corrected chi connectivity index (χ2v) is 5.17. The highest BCUT2D eigenvalue weighted by Crippen LogP contribution is 2.35. The summed E-state index contributed by atoms with van der Waals surface area (Å²) in [5.74, 6) is 2.19. The lowest BCUT2D eigenvalue weighted by atomic mass is 10.2. The van der Waals surface area contributed by atoms with E-state index in [1.807, 2.05) is 18.2 Å². The van der Waals surface area contributed by atoms with E-state index in [4.69, 9.17) is 19.9 Å². The van der Waals surface area contributed by atoms with Crippen molar-refractivity contribution in [2.75, 3.05) is 13.2 Å². The minimum atomic E-state index is -0.0927. The molecular weight excluding hydrogens is 266 g/mol. The molecule has 2 aromatic rings. The van der Waals surface area contributed by atoms with Gasteiger partial charge in [-0.1, -0.05) is 29.8 Å². The Bertz CT molecular complexity index is 610. The van der Waals surface area contributed by atoms with Crippen molar-refractivity contribution in [3.8, 4) is 17.2 Å². The Morgan fingerprint density at radius 2 is 1.95 bits per heavy atom. The molecule has 2 aromatic carbocycles. The van der Waals surface area contributed by atoms with Gasteiger partial charge in [0.05, 0.1) is 0 Å². The van der Waals surface area contributed by atoms with E-state index in [0.717, 1.165) is 17.1 Å². The highest BCUT2D eigenvalue weighted by Gasteiger charge is 2.20. The van der Waals surface area contributed by atoms with E-state index in [-0.39, 0.29) is 6.10 Å². The monoisotopic (exact) mass is 285 g/mol. The first kappa shape index (κ1) is 13.8. The molecule has 0 bridgehead atoms. The smallest absolute Gasteiger partial charge is 0.165 e. The van der Waals surface area contributed by atoms with E-state index in [9.17, 15) is 0 Å². The normalized spacial score (nSPS) is 16.6. The minimum Gasteiger partial charge on any atom is -0.489 e. The number of hydrogen-bond acceptors (Lipinski definition) is 4. The van der Waals surface area contributed by atoms with Gasteiger partial charge in [0, 0.05) is 12.6 Å². The second kappa shape index (κ2) is 6.06. The Labute approximate surface area is 124 Å². The zero-order chi connectivity index (χ0) is 14.7. The van der Waals surface area contributed by atoms with Crippen LogP contribution in [0.15, 0.2) is 42.5 Å². The van der Waals surface area contributed by atoms with Gasteiger partial charge in [-0.25, -0.2) is 0 Å². The third kappa shape index (κ3) is 3.28. The average Bonchev–Trinajstić information content (AvgIpc) is 2.53. The lowest BCUT2D eigenvalue weighted by Crippen LogP contribution is -2.35. The molecule has 1 aliphatic heterocycles. The molecule has 2 N–H and O–H groups in total. The fourth-order valence-electron chi connectivity index (χ4n) is 2.15. The van der Waals surface area contributed by atoms with Crippen LogP contribution in [0.3, 0.4) is 0 Å². The maximum Gasteiger partial charge on any atom is 0.165 e. The summed E-state index contributed by atoms with van der Waals surface area (Å²) >= 11 is 0. The molecule has 1 heterocycles. The van der Waals surface area contributed by atoms with Gasteiger partial charge in [-0.15, -0.1) is 0 Å². The van der Waals surface area contributed by atoms with Gasteiger partial charge in [0.2, 0.25) is 0 Å². The first-order valence-electron chi connectivity index (χ1n) is 7.06. The Balaban J connectivity index is 1.67. The molecule has 0 radical (unpaired) electrons. The van der Waals surface area contributed by atoms with Crippen molar-refractivity contribution in [1.29, 1.82) is 0 Å². The highest BCUT2D eigenvalue weighted by molar-refractivity contribution is 5.46. The van der Waals surface area contributed by atoms with Crippen molar-refractivity contribution in [2.24, 2.45) is 5.73 Å². The third-order valence-electron chi connectivity index (χ3n) is 3.42. The van der Waals surface area contributed by atoms with E-state index in [1.165, 1.54) is 5.56 Å². The van der Waals surface area contributed by atoms with Crippen molar-refractivity contribution in [2.45, 2.75) is 19.6 Å². The lowest BCUT2D eigenvalue weighted by molar-refractivity contribution is 0.0962. The Kier molecular flexibility index (Phi) is 3.97. The van der Waals surface area contributed by atoms with Crippen LogP contribution < -0.4 is 19.9 Å². The molecule has 0 spiro atoms. The molecule has 4 heteroatoms. The molecule has 1 atom stereocenters. The van der Waals surface area contributed by atoms with Crippen LogP contribution in [-0.4, -0.2) is 19.3 Å². The van der Waals surface area contributed by atoms with Crippen molar-refractivity contribution in [3.63, 3.8) is 0 Å². The minimum absolute atomic E-state index is 0.0927. The second-order valence-electron chi connectivity index (χ2n) is 5.17. The summed E-state index contributed by atoms with van der Waals surface area (Å²) in [6.07, 6.45) is -0.0927. The lowest BCUT2D eigenvalue weighted by Gasteiger charge is -2.25. The molecule has 3 rings (SSSR count). The first-order chi connectivity index (χ1) is 10.2. The molecule has 0 fully saturated rings. The molecule has 0 aromatic heterocycles. The molecular formula is C17H19NO3. The number of ether oxygens (including phenoxy) is 3. The largest absolute Gasteiger partial charge is 0.489 e. The third-order valence-corrected chi connectivity index (χ3v) is 3.42. The van der Waals surface area contributed by atoms with Crippen LogP contribution in [0.5, 0.6) is 17.2 Å². The van der Waals surface area contributed by atoms with E-state index in [0.29, 0.717) is 25.5 Å². The highest BCUT2D eigenvalue weighted by atomic mass is 16.6. The summed E-state index contributed by atoms with van der Waals surface area (Å²) in [5.41, 5.74) is 7.99. The summed E-state index contributed by atoms with van der Waals surface area (Å²) in [6, 6.07) is 13.9. The van der Waals surface area contributed by atoms with Crippen molar-refractivity contribution in [3.05, 3.63) is 53.6 Å². The Morgan fingerprint density at radius 1 is 1.14 bits per heavy atom. The van der Waals surface area contributed by atoms with Crippen LogP contribution in [0.2, 0.25) is 0 Å². The summed E-state index contributed by atoms with van der Waals surface area (Å²) in [5, 5.41) is 0. The topological polar surface area (TPSA) is 53.7 Å². The Hall–Kier alpha value is -2.20. The zero-order valence-electron chi connectivity index (χ0n) is 12.0. The SMILES string of the molecule is Cc1ccc(COc2ccc3c(c2)O[C@H](CN)CO3)cc1. The molecule has 0 unspecified atom stereocenters. The van der Waals surface area contributed by atoms with Crippen LogP contribution in [0.1, 0.15) is 11.1 Å². The average molecular weight is 285 g/mol. The molecule has 21 heavy (non-hydrogen) atoms. The van der Waals surface area contributed by atoms with E-state index < -0.39 is 0 Å². The van der Waals surface area contributed by atoms with Crippen LogP contribution in [0.4, 0.5) is 0 Å². The quantitative estimate of drug-likeness (QED) is 0.938. The molecule has 0 amide bonds. The molecule has 0 saturated carbocycles. The van der Waals surface area contributed by atoms with Gasteiger partial charge in [0.25, 0.3) is 0 Å². The summed E-state index contributed by atoms with van der Waals surface area (Å²) in [6.45, 7) is 3.53. The zero-order valence-corrected chi connectivity index (χ0v) is 12.0. The predicted octanol–water partition coefficient (Wildman–Crippen LogP) is 2.67. The number of fused-ring (bicyclic) bond motifs is 1. The van der Waals surface area contributed by atoms with Crippen molar-refractivity contribution >= 4 is 0 Å². The van der Waals surface area contributed by atoms with Gasteiger partial charge >= 0.3 is 0 Å².